The van der Waals surface area contributed by atoms with E-state index in [1.54, 1.807) is 19.2 Å². The molecule has 39 heavy (non-hydrogen) atoms. The zero-order chi connectivity index (χ0) is 27.1. The van der Waals surface area contributed by atoms with Gasteiger partial charge in [0, 0.05) is 24.2 Å². The number of carbonyl (C=O) groups excluding carboxylic acids is 2. The molecule has 0 fully saturated rings. The van der Waals surface area contributed by atoms with Crippen LogP contribution < -0.4 is 29.0 Å². The molecule has 10 nitrogen and oxygen atoms in total. The summed E-state index contributed by atoms with van der Waals surface area (Å²) in [6.45, 7) is 1.11. The van der Waals surface area contributed by atoms with E-state index in [0.29, 0.717) is 22.8 Å². The number of carbonyl (C=O) groups is 2. The summed E-state index contributed by atoms with van der Waals surface area (Å²) in [5, 5.41) is 2.72. The van der Waals surface area contributed by atoms with Crippen molar-refractivity contribution >= 4 is 12.1 Å². The molecular formula is C29H28N2O8. The lowest BCUT2D eigenvalue weighted by molar-refractivity contribution is 0.00876. The van der Waals surface area contributed by atoms with E-state index in [4.69, 9.17) is 28.4 Å². The highest BCUT2D eigenvalue weighted by molar-refractivity contribution is 5.99. The molecule has 3 aliphatic heterocycles. The van der Waals surface area contributed by atoms with Gasteiger partial charge in [0.25, 0.3) is 0 Å². The van der Waals surface area contributed by atoms with E-state index in [2.05, 4.69) is 10.2 Å². The van der Waals surface area contributed by atoms with E-state index < -0.39 is 18.2 Å². The monoisotopic (exact) mass is 532 g/mol. The Balaban J connectivity index is 1.36. The van der Waals surface area contributed by atoms with Gasteiger partial charge in [-0.3, -0.25) is 4.90 Å². The summed E-state index contributed by atoms with van der Waals surface area (Å²) >= 11 is 0. The number of nitrogens with zero attached hydrogens (tertiary/aromatic N) is 1. The van der Waals surface area contributed by atoms with Crippen molar-refractivity contribution in [2.45, 2.75) is 25.1 Å². The van der Waals surface area contributed by atoms with E-state index in [1.807, 2.05) is 43.4 Å². The third kappa shape index (κ3) is 4.26. The average molecular weight is 533 g/mol. The van der Waals surface area contributed by atoms with Crippen molar-refractivity contribution < 1.29 is 38.0 Å². The molecule has 3 aliphatic rings. The molecule has 0 spiro atoms. The van der Waals surface area contributed by atoms with Crippen LogP contribution in [0.4, 0.5) is 4.79 Å². The summed E-state index contributed by atoms with van der Waals surface area (Å²) < 4.78 is 34.3. The van der Waals surface area contributed by atoms with Gasteiger partial charge in [0.15, 0.2) is 23.0 Å². The minimum atomic E-state index is -0.712. The smallest absolute Gasteiger partial charge is 0.413 e. The van der Waals surface area contributed by atoms with Gasteiger partial charge < -0.3 is 33.7 Å². The maximum absolute atomic E-state index is 13.3. The Morgan fingerprint density at radius 3 is 2.67 bits per heavy atom. The topological polar surface area (TPSA) is 105 Å². The van der Waals surface area contributed by atoms with Crippen LogP contribution in [0.25, 0.3) is 0 Å². The van der Waals surface area contributed by atoms with E-state index in [-0.39, 0.29) is 36.4 Å². The Kier molecular flexibility index (Phi) is 6.40. The number of hydrogen-bond acceptors (Lipinski definition) is 9. The lowest BCUT2D eigenvalue weighted by Gasteiger charge is -2.38. The van der Waals surface area contributed by atoms with Crippen molar-refractivity contribution in [2.24, 2.45) is 0 Å². The average Bonchev–Trinajstić information content (AvgIpc) is 3.55. The van der Waals surface area contributed by atoms with Gasteiger partial charge in [-0.25, -0.2) is 9.59 Å². The summed E-state index contributed by atoms with van der Waals surface area (Å²) in [7, 11) is 5.01. The highest BCUT2D eigenvalue weighted by Gasteiger charge is 2.46. The first kappa shape index (κ1) is 24.9. The predicted octanol–water partition coefficient (Wildman–Crippen LogP) is 4.16. The van der Waals surface area contributed by atoms with Gasteiger partial charge in [-0.1, -0.05) is 36.4 Å². The molecule has 0 saturated heterocycles. The van der Waals surface area contributed by atoms with Crippen LogP contribution in [0.1, 0.15) is 44.8 Å². The van der Waals surface area contributed by atoms with E-state index >= 15 is 0 Å². The number of rotatable bonds is 6. The predicted molar refractivity (Wildman–Crippen MR) is 139 cm³/mol. The minimum absolute atomic E-state index is 0.0180. The van der Waals surface area contributed by atoms with Gasteiger partial charge in [0.05, 0.1) is 20.3 Å². The van der Waals surface area contributed by atoms with Crippen molar-refractivity contribution in [1.29, 1.82) is 0 Å². The number of fused-ring (bicyclic) bond motifs is 3. The number of likely N-dealkylation sites (N-methyl/N-ethyl adjacent to an activating group) is 1. The SMILES string of the molecule is COc1ccc2c(c1OC(=O)NCc1ccccc1)C(=O)OC2C1c2c(cc3c(c2OC)OCO3)CCN1C. The number of nitrogens with one attached hydrogen (secondary N) is 1. The second-order valence-corrected chi connectivity index (χ2v) is 9.51. The number of cyclic esters (lactones) is 1. The number of methoxy groups -OCH3 is 2. The fourth-order valence-electron chi connectivity index (χ4n) is 5.51. The first-order chi connectivity index (χ1) is 19.0. The van der Waals surface area contributed by atoms with Crippen LogP contribution in [-0.4, -0.2) is 51.6 Å². The summed E-state index contributed by atoms with van der Waals surface area (Å²) in [6, 6.07) is 14.5. The molecule has 1 N–H and O–H groups in total. The standard InChI is InChI=1S/C29H28N2O8/c1-31-12-11-17-13-20-26(37-15-36-20)27(35-3)21(17)23(31)24-18-9-10-19(34-2)25(22(18)28(32)38-24)39-29(33)30-14-16-7-5-4-6-8-16/h4-10,13,23-24H,11-12,14-15H2,1-3H3,(H,30,33). The van der Waals surface area contributed by atoms with Crippen molar-refractivity contribution in [3.63, 3.8) is 0 Å². The van der Waals surface area contributed by atoms with E-state index in [9.17, 15) is 9.59 Å². The maximum Gasteiger partial charge on any atom is 0.413 e. The van der Waals surface area contributed by atoms with Gasteiger partial charge in [0.1, 0.15) is 11.7 Å². The highest BCUT2D eigenvalue weighted by atomic mass is 16.7. The number of amides is 1. The molecule has 0 bridgehead atoms. The van der Waals surface area contributed by atoms with Crippen LogP contribution >= 0.6 is 0 Å². The molecule has 3 aromatic carbocycles. The van der Waals surface area contributed by atoms with Crippen LogP contribution in [0.2, 0.25) is 0 Å². The molecule has 202 valence electrons. The van der Waals surface area contributed by atoms with Crippen LogP contribution in [0.5, 0.6) is 28.7 Å². The highest BCUT2D eigenvalue weighted by Crippen LogP contribution is 2.55. The molecule has 0 aliphatic carbocycles. The second kappa shape index (κ2) is 10.0. The van der Waals surface area contributed by atoms with Crippen LogP contribution in [0.3, 0.4) is 0 Å². The van der Waals surface area contributed by atoms with E-state index in [1.165, 1.54) is 7.11 Å². The van der Waals surface area contributed by atoms with Gasteiger partial charge >= 0.3 is 12.1 Å². The number of esters is 1. The van der Waals surface area contributed by atoms with E-state index in [0.717, 1.165) is 29.7 Å². The Labute approximate surface area is 225 Å². The maximum atomic E-state index is 13.3. The summed E-state index contributed by atoms with van der Waals surface area (Å²) in [5.41, 5.74) is 3.58. The normalized spacial score (nSPS) is 19.1. The minimum Gasteiger partial charge on any atom is -0.493 e. The largest absolute Gasteiger partial charge is 0.493 e. The molecule has 3 heterocycles. The summed E-state index contributed by atoms with van der Waals surface area (Å²) in [5.74, 6) is 1.41. The molecular weight excluding hydrogens is 504 g/mol. The van der Waals surface area contributed by atoms with Crippen molar-refractivity contribution in [3.8, 4) is 28.7 Å². The van der Waals surface area contributed by atoms with Crippen LogP contribution in [0.15, 0.2) is 48.5 Å². The molecule has 0 aromatic heterocycles. The fraction of sp³-hybridized carbons (Fsp3) is 0.310. The Morgan fingerprint density at radius 2 is 1.90 bits per heavy atom. The molecule has 2 unspecified atom stereocenters. The Bertz CT molecular complexity index is 1440. The summed E-state index contributed by atoms with van der Waals surface area (Å²) in [6.07, 6.45) is -0.635. The van der Waals surface area contributed by atoms with Crippen molar-refractivity contribution in [1.82, 2.24) is 10.2 Å². The second-order valence-electron chi connectivity index (χ2n) is 9.51. The molecule has 0 saturated carbocycles. The molecule has 2 atom stereocenters. The Morgan fingerprint density at radius 1 is 1.08 bits per heavy atom. The summed E-state index contributed by atoms with van der Waals surface area (Å²) in [4.78, 5) is 28.2. The molecule has 3 aromatic rings. The van der Waals surface area contributed by atoms with Crippen molar-refractivity contribution in [2.75, 3.05) is 34.6 Å². The van der Waals surface area contributed by atoms with Gasteiger partial charge in [0.2, 0.25) is 12.5 Å². The molecule has 10 heteroatoms. The third-order valence-electron chi connectivity index (χ3n) is 7.33. The zero-order valence-electron chi connectivity index (χ0n) is 21.8. The number of benzene rings is 3. The van der Waals surface area contributed by atoms with Gasteiger partial charge in [-0.2, -0.15) is 0 Å². The number of hydrogen-bond donors (Lipinski definition) is 1. The zero-order valence-corrected chi connectivity index (χ0v) is 21.8. The Hall–Kier alpha value is -4.44. The van der Waals surface area contributed by atoms with Crippen LogP contribution in [-0.2, 0) is 17.7 Å². The molecule has 1 amide bonds. The lowest BCUT2D eigenvalue weighted by atomic mass is 9.85. The first-order valence-electron chi connectivity index (χ1n) is 12.6. The van der Waals surface area contributed by atoms with Gasteiger partial charge in [-0.05, 0) is 36.7 Å². The molecule has 0 radical (unpaired) electrons. The van der Waals surface area contributed by atoms with Crippen molar-refractivity contribution in [3.05, 3.63) is 76.3 Å². The molecule has 6 rings (SSSR count). The first-order valence-corrected chi connectivity index (χ1v) is 12.6. The number of ether oxygens (including phenoxy) is 6. The fourth-order valence-corrected chi connectivity index (χ4v) is 5.51. The third-order valence-corrected chi connectivity index (χ3v) is 7.33. The van der Waals surface area contributed by atoms with Gasteiger partial charge in [-0.15, -0.1) is 0 Å². The lowest BCUT2D eigenvalue weighted by Crippen LogP contribution is -2.36. The quantitative estimate of drug-likeness (QED) is 0.469. The van der Waals surface area contributed by atoms with Crippen LogP contribution in [0, 0.1) is 0 Å².